The predicted octanol–water partition coefficient (Wildman–Crippen LogP) is 1.50. The molecular formula is C13H22N4O2. The molecule has 0 aliphatic carbocycles. The summed E-state index contributed by atoms with van der Waals surface area (Å²) in [7, 11) is 2.06. The van der Waals surface area contributed by atoms with Crippen LogP contribution in [0.5, 0.6) is 0 Å². The molecule has 0 saturated heterocycles. The number of rotatable bonds is 7. The molecule has 1 aromatic heterocycles. The van der Waals surface area contributed by atoms with Crippen molar-refractivity contribution in [1.29, 1.82) is 0 Å². The summed E-state index contributed by atoms with van der Waals surface area (Å²) in [5.41, 5.74) is 6.03. The molecule has 0 aliphatic rings. The standard InChI is InChI=1S/C13H22N4O2/c1-4-9(2)17(3)8-7-16-12-11(14)10(13(18)19)5-6-15-12/h5-6,9H,4,7-8,14H2,1-3H3,(H,15,16)(H,18,19). The minimum atomic E-state index is -1.04. The number of nitrogen functional groups attached to an aromatic ring is 1. The van der Waals surface area contributed by atoms with Gasteiger partial charge in [-0.15, -0.1) is 0 Å². The molecule has 1 rings (SSSR count). The van der Waals surface area contributed by atoms with Crippen LogP contribution in [0.3, 0.4) is 0 Å². The van der Waals surface area contributed by atoms with Crippen LogP contribution in [0.2, 0.25) is 0 Å². The Morgan fingerprint density at radius 3 is 2.89 bits per heavy atom. The second-order valence-corrected chi connectivity index (χ2v) is 4.59. The molecule has 0 amide bonds. The number of hydrogen-bond donors (Lipinski definition) is 3. The summed E-state index contributed by atoms with van der Waals surface area (Å²) in [6.45, 7) is 5.82. The molecule has 1 heterocycles. The Labute approximate surface area is 113 Å². The van der Waals surface area contributed by atoms with E-state index < -0.39 is 5.97 Å². The molecule has 6 heteroatoms. The fourth-order valence-corrected chi connectivity index (χ4v) is 1.68. The van der Waals surface area contributed by atoms with Crippen molar-refractivity contribution in [1.82, 2.24) is 9.88 Å². The topological polar surface area (TPSA) is 91.5 Å². The lowest BCUT2D eigenvalue weighted by Crippen LogP contribution is -2.32. The third kappa shape index (κ3) is 4.10. The summed E-state index contributed by atoms with van der Waals surface area (Å²) < 4.78 is 0. The summed E-state index contributed by atoms with van der Waals surface area (Å²) in [5.74, 6) is -0.614. The zero-order valence-electron chi connectivity index (χ0n) is 11.7. The molecule has 106 valence electrons. The average molecular weight is 266 g/mol. The van der Waals surface area contributed by atoms with E-state index in [4.69, 9.17) is 10.8 Å². The lowest BCUT2D eigenvalue weighted by atomic mass is 10.2. The quantitative estimate of drug-likeness (QED) is 0.693. The second kappa shape index (κ2) is 6.94. The highest BCUT2D eigenvalue weighted by molar-refractivity contribution is 5.96. The maximum absolute atomic E-state index is 10.9. The van der Waals surface area contributed by atoms with E-state index in [0.29, 0.717) is 18.4 Å². The molecule has 1 aromatic rings. The van der Waals surface area contributed by atoms with Crippen LogP contribution in [0.1, 0.15) is 30.6 Å². The van der Waals surface area contributed by atoms with Crippen molar-refractivity contribution < 1.29 is 9.90 Å². The van der Waals surface area contributed by atoms with Gasteiger partial charge < -0.3 is 21.1 Å². The molecular weight excluding hydrogens is 244 g/mol. The van der Waals surface area contributed by atoms with Gasteiger partial charge in [-0.2, -0.15) is 0 Å². The first-order valence-corrected chi connectivity index (χ1v) is 6.39. The van der Waals surface area contributed by atoms with Gasteiger partial charge in [-0.25, -0.2) is 9.78 Å². The van der Waals surface area contributed by atoms with Gasteiger partial charge in [0, 0.05) is 25.3 Å². The van der Waals surface area contributed by atoms with E-state index in [1.165, 1.54) is 12.3 Å². The van der Waals surface area contributed by atoms with Gasteiger partial charge in [0.25, 0.3) is 0 Å². The van der Waals surface area contributed by atoms with Crippen LogP contribution in [0.25, 0.3) is 0 Å². The number of likely N-dealkylation sites (N-methyl/N-ethyl adjacent to an activating group) is 1. The summed E-state index contributed by atoms with van der Waals surface area (Å²) >= 11 is 0. The van der Waals surface area contributed by atoms with E-state index in [2.05, 4.69) is 36.1 Å². The van der Waals surface area contributed by atoms with E-state index in [1.807, 2.05) is 0 Å². The summed E-state index contributed by atoms with van der Waals surface area (Å²) in [6, 6.07) is 1.91. The number of anilines is 2. The van der Waals surface area contributed by atoms with Crippen LogP contribution in [-0.2, 0) is 0 Å². The Balaban J connectivity index is 2.59. The molecule has 4 N–H and O–H groups in total. The highest BCUT2D eigenvalue weighted by atomic mass is 16.4. The Bertz CT molecular complexity index is 437. The zero-order valence-corrected chi connectivity index (χ0v) is 11.7. The van der Waals surface area contributed by atoms with Gasteiger partial charge in [-0.3, -0.25) is 0 Å². The average Bonchev–Trinajstić information content (AvgIpc) is 2.39. The Kier molecular flexibility index (Phi) is 5.57. The molecule has 0 spiro atoms. The number of nitrogens with two attached hydrogens (primary N) is 1. The van der Waals surface area contributed by atoms with Crippen molar-refractivity contribution >= 4 is 17.5 Å². The van der Waals surface area contributed by atoms with Crippen molar-refractivity contribution in [2.75, 3.05) is 31.2 Å². The van der Waals surface area contributed by atoms with Crippen molar-refractivity contribution in [3.8, 4) is 0 Å². The number of aromatic carboxylic acids is 1. The van der Waals surface area contributed by atoms with Gasteiger partial charge in [0.05, 0.1) is 11.3 Å². The molecule has 0 bridgehead atoms. The van der Waals surface area contributed by atoms with Crippen molar-refractivity contribution in [3.05, 3.63) is 17.8 Å². The highest BCUT2D eigenvalue weighted by Gasteiger charge is 2.12. The number of nitrogens with one attached hydrogen (secondary N) is 1. The third-order valence-corrected chi connectivity index (χ3v) is 3.32. The molecule has 0 saturated carbocycles. The lowest BCUT2D eigenvalue weighted by molar-refractivity contribution is 0.0698. The van der Waals surface area contributed by atoms with Crippen LogP contribution in [-0.4, -0.2) is 47.1 Å². The molecule has 19 heavy (non-hydrogen) atoms. The number of carbonyl (C=O) groups is 1. The van der Waals surface area contributed by atoms with E-state index in [-0.39, 0.29) is 11.3 Å². The van der Waals surface area contributed by atoms with Gasteiger partial charge in [-0.1, -0.05) is 6.92 Å². The predicted molar refractivity (Wildman–Crippen MR) is 76.5 cm³/mol. The third-order valence-electron chi connectivity index (χ3n) is 3.32. The van der Waals surface area contributed by atoms with Crippen molar-refractivity contribution in [2.24, 2.45) is 0 Å². The maximum Gasteiger partial charge on any atom is 0.337 e. The molecule has 1 unspecified atom stereocenters. The summed E-state index contributed by atoms with van der Waals surface area (Å²) in [5, 5.41) is 12.0. The van der Waals surface area contributed by atoms with Gasteiger partial charge in [-0.05, 0) is 26.5 Å². The van der Waals surface area contributed by atoms with Crippen LogP contribution in [0.4, 0.5) is 11.5 Å². The number of nitrogens with zero attached hydrogens (tertiary/aromatic N) is 2. The van der Waals surface area contributed by atoms with E-state index in [9.17, 15) is 4.79 Å². The Morgan fingerprint density at radius 1 is 1.63 bits per heavy atom. The van der Waals surface area contributed by atoms with Gasteiger partial charge >= 0.3 is 5.97 Å². The Hall–Kier alpha value is -1.82. The number of hydrogen-bond acceptors (Lipinski definition) is 5. The number of carboxylic acid groups (broad SMARTS) is 1. The number of carboxylic acids is 1. The monoisotopic (exact) mass is 266 g/mol. The normalized spacial score (nSPS) is 12.4. The number of pyridine rings is 1. The van der Waals surface area contributed by atoms with Crippen LogP contribution in [0.15, 0.2) is 12.3 Å². The van der Waals surface area contributed by atoms with Crippen LogP contribution >= 0.6 is 0 Å². The van der Waals surface area contributed by atoms with Crippen molar-refractivity contribution in [2.45, 2.75) is 26.3 Å². The van der Waals surface area contributed by atoms with E-state index >= 15 is 0 Å². The first-order valence-electron chi connectivity index (χ1n) is 6.39. The second-order valence-electron chi connectivity index (χ2n) is 4.59. The molecule has 0 fully saturated rings. The smallest absolute Gasteiger partial charge is 0.337 e. The molecule has 0 aromatic carbocycles. The van der Waals surface area contributed by atoms with E-state index in [1.54, 1.807) is 0 Å². The largest absolute Gasteiger partial charge is 0.478 e. The first-order chi connectivity index (χ1) is 8.97. The van der Waals surface area contributed by atoms with Crippen LogP contribution in [0, 0.1) is 0 Å². The van der Waals surface area contributed by atoms with Gasteiger partial charge in [0.1, 0.15) is 5.82 Å². The van der Waals surface area contributed by atoms with Gasteiger partial charge in [0.2, 0.25) is 0 Å². The first kappa shape index (κ1) is 15.2. The summed E-state index contributed by atoms with van der Waals surface area (Å²) in [4.78, 5) is 17.2. The zero-order chi connectivity index (χ0) is 14.4. The summed E-state index contributed by atoms with van der Waals surface area (Å²) in [6.07, 6.45) is 2.53. The van der Waals surface area contributed by atoms with Crippen LogP contribution < -0.4 is 11.1 Å². The molecule has 6 nitrogen and oxygen atoms in total. The lowest BCUT2D eigenvalue weighted by Gasteiger charge is -2.23. The molecule has 0 aliphatic heterocycles. The number of aromatic nitrogens is 1. The van der Waals surface area contributed by atoms with E-state index in [0.717, 1.165) is 13.0 Å². The fourth-order valence-electron chi connectivity index (χ4n) is 1.68. The highest BCUT2D eigenvalue weighted by Crippen LogP contribution is 2.19. The molecule has 0 radical (unpaired) electrons. The minimum absolute atomic E-state index is 0.0766. The Morgan fingerprint density at radius 2 is 2.32 bits per heavy atom. The van der Waals surface area contributed by atoms with Gasteiger partial charge in [0.15, 0.2) is 0 Å². The SMILES string of the molecule is CCC(C)N(C)CCNc1nccc(C(=O)O)c1N. The molecule has 1 atom stereocenters. The minimum Gasteiger partial charge on any atom is -0.478 e. The van der Waals surface area contributed by atoms with Crippen molar-refractivity contribution in [3.63, 3.8) is 0 Å². The fraction of sp³-hybridized carbons (Fsp3) is 0.538. The maximum atomic E-state index is 10.9.